The molecule has 0 atom stereocenters. The van der Waals surface area contributed by atoms with Gasteiger partial charge in [-0.25, -0.2) is 4.98 Å². The molecule has 2 aromatic rings. The van der Waals surface area contributed by atoms with Crippen molar-refractivity contribution in [2.75, 3.05) is 14.2 Å². The summed E-state index contributed by atoms with van der Waals surface area (Å²) in [5.74, 6) is 1.53. The minimum Gasteiger partial charge on any atom is -0.493 e. The molecule has 1 N–H and O–H groups in total. The molecule has 1 aliphatic carbocycles. The number of carbonyl (C=O) groups is 1. The quantitative estimate of drug-likeness (QED) is 0.675. The fourth-order valence-corrected chi connectivity index (χ4v) is 5.73. The van der Waals surface area contributed by atoms with Gasteiger partial charge < -0.3 is 14.8 Å². The first-order valence-electron chi connectivity index (χ1n) is 9.66. The summed E-state index contributed by atoms with van der Waals surface area (Å²) in [7, 11) is 3.24. The first-order chi connectivity index (χ1) is 13.6. The molecule has 1 aliphatic rings. The Balaban J connectivity index is 1.40. The first-order valence-corrected chi connectivity index (χ1v) is 11.4. The second kappa shape index (κ2) is 10.2. The van der Waals surface area contributed by atoms with Crippen molar-refractivity contribution in [2.24, 2.45) is 0 Å². The summed E-state index contributed by atoms with van der Waals surface area (Å²) in [5, 5.41) is 5.93. The largest absolute Gasteiger partial charge is 0.493 e. The summed E-state index contributed by atoms with van der Waals surface area (Å²) in [6, 6.07) is 6.11. The van der Waals surface area contributed by atoms with Gasteiger partial charge in [-0.3, -0.25) is 4.79 Å². The Labute approximate surface area is 175 Å². The first kappa shape index (κ1) is 21.0. The van der Waals surface area contributed by atoms with Gasteiger partial charge in [0.25, 0.3) is 0 Å². The molecule has 7 heteroatoms. The van der Waals surface area contributed by atoms with E-state index in [1.807, 2.05) is 36.9 Å². The molecule has 1 fully saturated rings. The number of aromatic nitrogens is 1. The standard InChI is InChI=1S/C21H28N2O3S2/c1-14-13-27-21(22-14)28-17-8-6-16(7-9-17)23-20(24)11-5-15-4-10-18(25-2)19(12-15)26-3/h4,10,12-13,16-17H,5-9,11H2,1-3H3,(H,23,24). The topological polar surface area (TPSA) is 60.5 Å². The highest BCUT2D eigenvalue weighted by atomic mass is 32.2. The summed E-state index contributed by atoms with van der Waals surface area (Å²) in [6.07, 6.45) is 5.53. The Morgan fingerprint density at radius 1 is 1.21 bits per heavy atom. The summed E-state index contributed by atoms with van der Waals surface area (Å²) in [4.78, 5) is 16.9. The summed E-state index contributed by atoms with van der Waals surface area (Å²) < 4.78 is 11.7. The van der Waals surface area contributed by atoms with Gasteiger partial charge in [-0.1, -0.05) is 17.8 Å². The van der Waals surface area contributed by atoms with E-state index in [1.54, 1.807) is 25.6 Å². The molecule has 1 aromatic heterocycles. The number of methoxy groups -OCH3 is 2. The van der Waals surface area contributed by atoms with Gasteiger partial charge >= 0.3 is 0 Å². The minimum absolute atomic E-state index is 0.126. The lowest BCUT2D eigenvalue weighted by atomic mass is 9.95. The number of hydrogen-bond acceptors (Lipinski definition) is 6. The van der Waals surface area contributed by atoms with Crippen LogP contribution in [0, 0.1) is 6.92 Å². The average Bonchev–Trinajstić information content (AvgIpc) is 3.12. The van der Waals surface area contributed by atoms with Gasteiger partial charge in [-0.15, -0.1) is 11.3 Å². The Morgan fingerprint density at radius 2 is 1.96 bits per heavy atom. The van der Waals surface area contributed by atoms with Crippen LogP contribution in [0.15, 0.2) is 27.9 Å². The fourth-order valence-electron chi connectivity index (χ4n) is 3.45. The van der Waals surface area contributed by atoms with Gasteiger partial charge in [0.05, 0.1) is 14.2 Å². The van der Waals surface area contributed by atoms with E-state index in [-0.39, 0.29) is 5.91 Å². The lowest BCUT2D eigenvalue weighted by molar-refractivity contribution is -0.121. The molecule has 0 aliphatic heterocycles. The summed E-state index contributed by atoms with van der Waals surface area (Å²) in [6.45, 7) is 2.04. The second-order valence-electron chi connectivity index (χ2n) is 7.10. The van der Waals surface area contributed by atoms with E-state index in [0.29, 0.717) is 35.6 Å². The number of amides is 1. The number of hydrogen-bond donors (Lipinski definition) is 1. The van der Waals surface area contributed by atoms with Gasteiger partial charge in [-0.05, 0) is 56.7 Å². The number of ether oxygens (including phenoxy) is 2. The van der Waals surface area contributed by atoms with E-state index in [9.17, 15) is 4.79 Å². The number of nitrogens with zero attached hydrogens (tertiary/aromatic N) is 1. The number of rotatable bonds is 8. The van der Waals surface area contributed by atoms with E-state index in [2.05, 4.69) is 15.7 Å². The maximum Gasteiger partial charge on any atom is 0.220 e. The van der Waals surface area contributed by atoms with Crippen molar-refractivity contribution in [3.05, 3.63) is 34.8 Å². The predicted molar refractivity (Wildman–Crippen MR) is 115 cm³/mol. The molecule has 0 bridgehead atoms. The van der Waals surface area contributed by atoms with Gasteiger partial charge in [0.15, 0.2) is 11.5 Å². The number of thiazole rings is 1. The maximum absolute atomic E-state index is 12.4. The van der Waals surface area contributed by atoms with Crippen molar-refractivity contribution in [3.63, 3.8) is 0 Å². The van der Waals surface area contributed by atoms with Crippen molar-refractivity contribution in [1.82, 2.24) is 10.3 Å². The molecule has 28 heavy (non-hydrogen) atoms. The van der Waals surface area contributed by atoms with Crippen LogP contribution in [0.2, 0.25) is 0 Å². The van der Waals surface area contributed by atoms with Gasteiger partial charge in [0, 0.05) is 28.8 Å². The maximum atomic E-state index is 12.4. The number of thioether (sulfide) groups is 1. The monoisotopic (exact) mass is 420 g/mol. The van der Waals surface area contributed by atoms with E-state index in [4.69, 9.17) is 9.47 Å². The zero-order valence-electron chi connectivity index (χ0n) is 16.7. The molecule has 0 spiro atoms. The van der Waals surface area contributed by atoms with Crippen LogP contribution in [0.4, 0.5) is 0 Å². The van der Waals surface area contributed by atoms with Crippen molar-refractivity contribution in [2.45, 2.75) is 61.1 Å². The summed E-state index contributed by atoms with van der Waals surface area (Å²) >= 11 is 3.62. The second-order valence-corrected chi connectivity index (χ2v) is 9.51. The molecular weight excluding hydrogens is 392 g/mol. The lowest BCUT2D eigenvalue weighted by Crippen LogP contribution is -2.38. The van der Waals surface area contributed by atoms with Crippen molar-refractivity contribution in [3.8, 4) is 11.5 Å². The molecule has 5 nitrogen and oxygen atoms in total. The van der Waals surface area contributed by atoms with Crippen LogP contribution < -0.4 is 14.8 Å². The Kier molecular flexibility index (Phi) is 7.62. The Bertz CT molecular complexity index is 786. The molecule has 1 heterocycles. The number of aryl methyl sites for hydroxylation is 2. The number of nitrogens with one attached hydrogen (secondary N) is 1. The Hall–Kier alpha value is -1.73. The molecule has 1 aromatic carbocycles. The van der Waals surface area contributed by atoms with Gasteiger partial charge in [-0.2, -0.15) is 0 Å². The minimum atomic E-state index is 0.126. The lowest BCUT2D eigenvalue weighted by Gasteiger charge is -2.28. The van der Waals surface area contributed by atoms with E-state index >= 15 is 0 Å². The number of carbonyl (C=O) groups excluding carboxylic acids is 1. The van der Waals surface area contributed by atoms with Gasteiger partial charge in [0.1, 0.15) is 4.34 Å². The molecular formula is C21H28N2O3S2. The van der Waals surface area contributed by atoms with Crippen molar-refractivity contribution in [1.29, 1.82) is 0 Å². The molecule has 152 valence electrons. The average molecular weight is 421 g/mol. The van der Waals surface area contributed by atoms with Crippen molar-refractivity contribution < 1.29 is 14.3 Å². The third-order valence-corrected chi connectivity index (χ3v) is 7.42. The molecule has 1 amide bonds. The van der Waals surface area contributed by atoms with E-state index in [1.165, 1.54) is 4.34 Å². The normalized spacial score (nSPS) is 19.2. The molecule has 1 saturated carbocycles. The van der Waals surface area contributed by atoms with Gasteiger partial charge in [0.2, 0.25) is 5.91 Å². The zero-order valence-corrected chi connectivity index (χ0v) is 18.3. The van der Waals surface area contributed by atoms with E-state index < -0.39 is 0 Å². The SMILES string of the molecule is COc1ccc(CCC(=O)NC2CCC(Sc3nc(C)cs3)CC2)cc1OC. The third kappa shape index (κ3) is 5.88. The van der Waals surface area contributed by atoms with E-state index in [0.717, 1.165) is 36.9 Å². The molecule has 0 radical (unpaired) electrons. The van der Waals surface area contributed by atoms with Crippen LogP contribution in [-0.2, 0) is 11.2 Å². The highest BCUT2D eigenvalue weighted by Crippen LogP contribution is 2.35. The van der Waals surface area contributed by atoms with Crippen LogP contribution in [0.1, 0.15) is 43.4 Å². The van der Waals surface area contributed by atoms with Crippen molar-refractivity contribution >= 4 is 29.0 Å². The number of benzene rings is 1. The fraction of sp³-hybridized carbons (Fsp3) is 0.524. The van der Waals surface area contributed by atoms with Crippen LogP contribution in [-0.4, -0.2) is 36.4 Å². The highest BCUT2D eigenvalue weighted by molar-refractivity contribution is 8.01. The zero-order chi connectivity index (χ0) is 19.9. The van der Waals surface area contributed by atoms with Crippen LogP contribution in [0.3, 0.4) is 0 Å². The molecule has 0 unspecified atom stereocenters. The molecule has 0 saturated heterocycles. The van der Waals surface area contributed by atoms with Crippen LogP contribution >= 0.6 is 23.1 Å². The smallest absolute Gasteiger partial charge is 0.220 e. The van der Waals surface area contributed by atoms with Crippen LogP contribution in [0.5, 0.6) is 11.5 Å². The van der Waals surface area contributed by atoms with Crippen LogP contribution in [0.25, 0.3) is 0 Å². The summed E-state index contributed by atoms with van der Waals surface area (Å²) in [5.41, 5.74) is 2.18. The highest BCUT2D eigenvalue weighted by Gasteiger charge is 2.23. The predicted octanol–water partition coefficient (Wildman–Crippen LogP) is 4.62. The third-order valence-electron chi connectivity index (χ3n) is 4.99. The molecule has 3 rings (SSSR count). The Morgan fingerprint density at radius 3 is 2.61 bits per heavy atom.